The molecule has 0 heterocycles. The van der Waals surface area contributed by atoms with Crippen LogP contribution in [0.15, 0.2) is 0 Å². The van der Waals surface area contributed by atoms with Gasteiger partial charge in [-0.3, -0.25) is 0 Å². The third kappa shape index (κ3) is 2.60. The first kappa shape index (κ1) is 12.8. The molecule has 0 saturated heterocycles. The summed E-state index contributed by atoms with van der Waals surface area (Å²) in [5.74, 6) is 3.05. The van der Waals surface area contributed by atoms with Crippen LogP contribution in [0.2, 0.25) is 0 Å². The van der Waals surface area contributed by atoms with Gasteiger partial charge in [0.05, 0.1) is 0 Å². The van der Waals surface area contributed by atoms with Gasteiger partial charge < -0.3 is 0 Å². The zero-order valence-corrected chi connectivity index (χ0v) is 12.7. The second-order valence-corrected chi connectivity index (χ2v) is 10.0. The molecule has 0 nitrogen and oxygen atoms in total. The third-order valence-electron chi connectivity index (χ3n) is 4.41. The SMILES string of the molecule is CC(C)(C)SC1CC2CC1CC2C(C)(C)C. The molecule has 2 aliphatic carbocycles. The molecule has 0 radical (unpaired) electrons. The minimum Gasteiger partial charge on any atom is -0.152 e. The van der Waals surface area contributed by atoms with Crippen LogP contribution >= 0.6 is 11.8 Å². The van der Waals surface area contributed by atoms with Crippen LogP contribution in [0, 0.1) is 23.2 Å². The van der Waals surface area contributed by atoms with E-state index in [0.717, 1.165) is 23.0 Å². The normalized spacial score (nSPS) is 39.4. The lowest BCUT2D eigenvalue weighted by molar-refractivity contribution is 0.163. The van der Waals surface area contributed by atoms with Crippen molar-refractivity contribution >= 4 is 11.8 Å². The highest BCUT2D eigenvalue weighted by molar-refractivity contribution is 8.01. The van der Waals surface area contributed by atoms with E-state index in [0.29, 0.717) is 10.2 Å². The fourth-order valence-electron chi connectivity index (χ4n) is 3.88. The summed E-state index contributed by atoms with van der Waals surface area (Å²) in [6.07, 6.45) is 4.52. The second kappa shape index (κ2) is 3.93. The summed E-state index contributed by atoms with van der Waals surface area (Å²) in [7, 11) is 0. The maximum Gasteiger partial charge on any atom is 0.00835 e. The van der Waals surface area contributed by atoms with Crippen LogP contribution in [-0.4, -0.2) is 10.00 Å². The minimum atomic E-state index is 0.451. The van der Waals surface area contributed by atoms with Crippen molar-refractivity contribution in [1.82, 2.24) is 0 Å². The molecule has 2 aliphatic rings. The molecule has 2 rings (SSSR count). The zero-order valence-electron chi connectivity index (χ0n) is 11.8. The first-order chi connectivity index (χ1) is 7.17. The Morgan fingerprint density at radius 3 is 1.81 bits per heavy atom. The fraction of sp³-hybridized carbons (Fsp3) is 1.00. The van der Waals surface area contributed by atoms with Crippen LogP contribution in [0.25, 0.3) is 0 Å². The van der Waals surface area contributed by atoms with Gasteiger partial charge in [0.15, 0.2) is 0 Å². The highest BCUT2D eigenvalue weighted by Crippen LogP contribution is 2.58. The smallest absolute Gasteiger partial charge is 0.00835 e. The molecule has 0 aromatic heterocycles. The van der Waals surface area contributed by atoms with Crippen molar-refractivity contribution in [3.05, 3.63) is 0 Å². The van der Waals surface area contributed by atoms with E-state index >= 15 is 0 Å². The third-order valence-corrected chi connectivity index (χ3v) is 6.00. The molecule has 1 heteroatoms. The average molecular weight is 240 g/mol. The molecule has 2 saturated carbocycles. The Bertz CT molecular complexity index is 256. The lowest BCUT2D eigenvalue weighted by Crippen LogP contribution is -2.30. The Morgan fingerprint density at radius 2 is 1.44 bits per heavy atom. The molecular formula is C15H28S. The summed E-state index contributed by atoms with van der Waals surface area (Å²) < 4.78 is 0.451. The zero-order chi connectivity index (χ0) is 12.1. The van der Waals surface area contributed by atoms with E-state index < -0.39 is 0 Å². The largest absolute Gasteiger partial charge is 0.152 e. The van der Waals surface area contributed by atoms with Gasteiger partial charge in [0.2, 0.25) is 0 Å². The molecule has 2 bridgehead atoms. The van der Waals surface area contributed by atoms with Crippen LogP contribution in [-0.2, 0) is 0 Å². The van der Waals surface area contributed by atoms with Gasteiger partial charge in [-0.25, -0.2) is 0 Å². The first-order valence-electron chi connectivity index (χ1n) is 6.84. The van der Waals surface area contributed by atoms with Gasteiger partial charge in [0, 0.05) is 10.00 Å². The quantitative estimate of drug-likeness (QED) is 0.623. The van der Waals surface area contributed by atoms with E-state index in [9.17, 15) is 0 Å². The molecule has 0 aromatic rings. The van der Waals surface area contributed by atoms with Gasteiger partial charge in [-0.15, -0.1) is 0 Å². The van der Waals surface area contributed by atoms with Crippen LogP contribution in [0.4, 0.5) is 0 Å². The summed E-state index contributed by atoms with van der Waals surface area (Å²) in [4.78, 5) is 0. The molecule has 0 spiro atoms. The van der Waals surface area contributed by atoms with Gasteiger partial charge in [-0.2, -0.15) is 11.8 Å². The summed E-state index contributed by atoms with van der Waals surface area (Å²) >= 11 is 2.24. The number of hydrogen-bond acceptors (Lipinski definition) is 1. The number of rotatable bonds is 1. The van der Waals surface area contributed by atoms with E-state index in [2.05, 4.69) is 53.3 Å². The predicted molar refractivity (Wildman–Crippen MR) is 74.9 cm³/mol. The van der Waals surface area contributed by atoms with Crippen LogP contribution in [0.5, 0.6) is 0 Å². The lowest BCUT2D eigenvalue weighted by Gasteiger charge is -2.38. The molecular weight excluding hydrogens is 212 g/mol. The number of fused-ring (bicyclic) bond motifs is 2. The molecule has 2 fully saturated rings. The predicted octanol–water partition coefficient (Wildman–Crippen LogP) is 4.98. The molecule has 0 N–H and O–H groups in total. The average Bonchev–Trinajstić information content (AvgIpc) is 2.56. The van der Waals surface area contributed by atoms with Gasteiger partial charge in [-0.05, 0) is 42.4 Å². The molecule has 16 heavy (non-hydrogen) atoms. The van der Waals surface area contributed by atoms with Crippen LogP contribution in [0.3, 0.4) is 0 Å². The summed E-state index contributed by atoms with van der Waals surface area (Å²) in [6, 6.07) is 0. The van der Waals surface area contributed by atoms with Crippen LogP contribution < -0.4 is 0 Å². The van der Waals surface area contributed by atoms with E-state index in [-0.39, 0.29) is 0 Å². The Kier molecular flexibility index (Phi) is 3.15. The van der Waals surface area contributed by atoms with Crippen LogP contribution in [0.1, 0.15) is 60.8 Å². The van der Waals surface area contributed by atoms with E-state index in [1.165, 1.54) is 19.3 Å². The Balaban J connectivity index is 1.96. The Morgan fingerprint density at radius 1 is 0.812 bits per heavy atom. The Hall–Kier alpha value is 0.350. The van der Waals surface area contributed by atoms with Gasteiger partial charge >= 0.3 is 0 Å². The second-order valence-electron chi connectivity index (χ2n) is 7.97. The van der Waals surface area contributed by atoms with E-state index in [1.54, 1.807) is 0 Å². The van der Waals surface area contributed by atoms with Crippen molar-refractivity contribution in [2.45, 2.75) is 70.8 Å². The molecule has 0 aromatic carbocycles. The topological polar surface area (TPSA) is 0 Å². The Labute approximate surface area is 106 Å². The summed E-state index contributed by atoms with van der Waals surface area (Å²) in [5, 5.41) is 0.962. The van der Waals surface area contributed by atoms with Gasteiger partial charge in [0.1, 0.15) is 0 Å². The number of thioether (sulfide) groups is 1. The lowest BCUT2D eigenvalue weighted by atomic mass is 9.71. The van der Waals surface area contributed by atoms with Crippen molar-refractivity contribution in [3.8, 4) is 0 Å². The molecule has 94 valence electrons. The minimum absolute atomic E-state index is 0.451. The maximum absolute atomic E-state index is 2.43. The highest BCUT2D eigenvalue weighted by atomic mass is 32.2. The van der Waals surface area contributed by atoms with E-state index in [4.69, 9.17) is 0 Å². The van der Waals surface area contributed by atoms with Crippen molar-refractivity contribution in [2.75, 3.05) is 0 Å². The fourth-order valence-corrected chi connectivity index (χ4v) is 5.55. The summed E-state index contributed by atoms with van der Waals surface area (Å²) in [5.41, 5.74) is 0.538. The highest BCUT2D eigenvalue weighted by Gasteiger charge is 2.50. The van der Waals surface area contributed by atoms with Crippen molar-refractivity contribution in [1.29, 1.82) is 0 Å². The number of hydrogen-bond donors (Lipinski definition) is 0. The molecule has 4 unspecified atom stereocenters. The first-order valence-corrected chi connectivity index (χ1v) is 7.72. The molecule has 0 aliphatic heterocycles. The maximum atomic E-state index is 2.43. The van der Waals surface area contributed by atoms with E-state index in [1.807, 2.05) is 0 Å². The molecule has 0 amide bonds. The van der Waals surface area contributed by atoms with Gasteiger partial charge in [0.25, 0.3) is 0 Å². The van der Waals surface area contributed by atoms with Crippen molar-refractivity contribution < 1.29 is 0 Å². The van der Waals surface area contributed by atoms with Crippen molar-refractivity contribution in [3.63, 3.8) is 0 Å². The van der Waals surface area contributed by atoms with Gasteiger partial charge in [-0.1, -0.05) is 41.5 Å². The summed E-state index contributed by atoms with van der Waals surface area (Å²) in [6.45, 7) is 14.4. The monoisotopic (exact) mass is 240 g/mol. The molecule has 4 atom stereocenters. The van der Waals surface area contributed by atoms with Crippen molar-refractivity contribution in [2.24, 2.45) is 23.2 Å². The standard InChI is InChI=1S/C15H28S/c1-14(2,3)12-8-11-7-10(12)9-13(11)16-15(4,5)6/h10-13H,7-9H2,1-6H3.